The van der Waals surface area contributed by atoms with Gasteiger partial charge in [0.05, 0.1) is 11.4 Å². The number of aromatic nitrogens is 2. The van der Waals surface area contributed by atoms with E-state index in [0.717, 1.165) is 17.3 Å². The van der Waals surface area contributed by atoms with E-state index in [1.165, 1.54) is 43.9 Å². The molecule has 1 aromatic rings. The van der Waals surface area contributed by atoms with Gasteiger partial charge in [-0.1, -0.05) is 37.9 Å². The number of hydrogen-bond donors (Lipinski definition) is 1. The van der Waals surface area contributed by atoms with Crippen molar-refractivity contribution < 1.29 is 9.90 Å². The van der Waals surface area contributed by atoms with Crippen LogP contribution in [0.3, 0.4) is 0 Å². The molecule has 20 heavy (non-hydrogen) atoms. The predicted octanol–water partition coefficient (Wildman–Crippen LogP) is 3.90. The van der Waals surface area contributed by atoms with Crippen LogP contribution in [-0.2, 0) is 4.79 Å². The lowest BCUT2D eigenvalue weighted by molar-refractivity contribution is -0.133. The first-order valence-corrected chi connectivity index (χ1v) is 8.50. The van der Waals surface area contributed by atoms with E-state index in [1.807, 2.05) is 6.92 Å². The van der Waals surface area contributed by atoms with Gasteiger partial charge >= 0.3 is 5.97 Å². The fourth-order valence-electron chi connectivity index (χ4n) is 3.24. The minimum atomic E-state index is -0.784. The van der Waals surface area contributed by atoms with E-state index in [9.17, 15) is 4.79 Å². The maximum Gasteiger partial charge on any atom is 0.313 e. The maximum atomic E-state index is 10.8. The molecule has 1 unspecified atom stereocenters. The molecule has 1 aromatic heterocycles. The second-order valence-corrected chi connectivity index (χ2v) is 6.57. The van der Waals surface area contributed by atoms with Crippen LogP contribution >= 0.6 is 11.8 Å². The Morgan fingerprint density at radius 3 is 2.80 bits per heavy atom. The molecule has 4 nitrogen and oxygen atoms in total. The largest absolute Gasteiger partial charge is 0.481 e. The Kier molecular flexibility index (Phi) is 5.52. The van der Waals surface area contributed by atoms with Gasteiger partial charge < -0.3 is 9.67 Å². The maximum absolute atomic E-state index is 10.8. The zero-order valence-electron chi connectivity index (χ0n) is 12.3. The molecule has 1 saturated carbocycles. The van der Waals surface area contributed by atoms with Crippen LogP contribution in [0.5, 0.6) is 0 Å². The lowest BCUT2D eigenvalue weighted by atomic mass is 9.83. The lowest BCUT2D eigenvalue weighted by Crippen LogP contribution is -2.21. The SMILES string of the molecule is CCC(C1CCCCC1)n1cc(C)nc1SCC(=O)O. The summed E-state index contributed by atoms with van der Waals surface area (Å²) in [5.74, 6) is 0.0109. The molecule has 1 N–H and O–H groups in total. The van der Waals surface area contributed by atoms with Crippen LogP contribution in [-0.4, -0.2) is 26.4 Å². The van der Waals surface area contributed by atoms with Crippen molar-refractivity contribution in [2.45, 2.75) is 63.6 Å². The molecule has 0 radical (unpaired) electrons. The van der Waals surface area contributed by atoms with E-state index in [0.29, 0.717) is 12.0 Å². The van der Waals surface area contributed by atoms with Crippen LogP contribution in [0.15, 0.2) is 11.4 Å². The summed E-state index contributed by atoms with van der Waals surface area (Å²) in [6.07, 6.45) is 9.76. The van der Waals surface area contributed by atoms with Gasteiger partial charge in [0.25, 0.3) is 0 Å². The molecule has 1 heterocycles. The molecule has 112 valence electrons. The molecular formula is C15H24N2O2S. The number of carbonyl (C=O) groups is 1. The number of imidazole rings is 1. The van der Waals surface area contributed by atoms with Crippen LogP contribution < -0.4 is 0 Å². The molecule has 2 rings (SSSR count). The van der Waals surface area contributed by atoms with Gasteiger partial charge in [-0.2, -0.15) is 0 Å². The summed E-state index contributed by atoms with van der Waals surface area (Å²) in [5, 5.41) is 9.72. The molecule has 0 amide bonds. The summed E-state index contributed by atoms with van der Waals surface area (Å²) in [6, 6.07) is 0.466. The Bertz CT molecular complexity index is 453. The molecule has 5 heteroatoms. The van der Waals surface area contributed by atoms with Crippen molar-refractivity contribution in [3.05, 3.63) is 11.9 Å². The second kappa shape index (κ2) is 7.16. The van der Waals surface area contributed by atoms with Gasteiger partial charge in [0, 0.05) is 12.2 Å². The van der Waals surface area contributed by atoms with Crippen molar-refractivity contribution in [3.8, 4) is 0 Å². The Hall–Kier alpha value is -0.970. The van der Waals surface area contributed by atoms with Gasteiger partial charge in [-0.25, -0.2) is 4.98 Å². The van der Waals surface area contributed by atoms with E-state index in [4.69, 9.17) is 5.11 Å². The quantitative estimate of drug-likeness (QED) is 0.809. The van der Waals surface area contributed by atoms with Crippen molar-refractivity contribution in [1.29, 1.82) is 0 Å². The third-order valence-electron chi connectivity index (χ3n) is 4.11. The van der Waals surface area contributed by atoms with Crippen LogP contribution in [0, 0.1) is 12.8 Å². The summed E-state index contributed by atoms with van der Waals surface area (Å²) in [5.41, 5.74) is 0.979. The number of aryl methyl sites for hydroxylation is 1. The molecule has 0 spiro atoms. The zero-order chi connectivity index (χ0) is 14.5. The topological polar surface area (TPSA) is 55.1 Å². The van der Waals surface area contributed by atoms with E-state index < -0.39 is 5.97 Å². The van der Waals surface area contributed by atoms with E-state index in [-0.39, 0.29) is 5.75 Å². The van der Waals surface area contributed by atoms with Gasteiger partial charge in [0.15, 0.2) is 5.16 Å². The van der Waals surface area contributed by atoms with E-state index in [1.54, 1.807) is 0 Å². The third kappa shape index (κ3) is 3.78. The monoisotopic (exact) mass is 296 g/mol. The Morgan fingerprint density at radius 1 is 1.50 bits per heavy atom. The molecular weight excluding hydrogens is 272 g/mol. The predicted molar refractivity (Wildman–Crippen MR) is 81.2 cm³/mol. The number of aliphatic carboxylic acids is 1. The van der Waals surface area contributed by atoms with Gasteiger partial charge in [-0.05, 0) is 32.1 Å². The highest BCUT2D eigenvalue weighted by Gasteiger charge is 2.26. The summed E-state index contributed by atoms with van der Waals surface area (Å²) in [7, 11) is 0. The van der Waals surface area contributed by atoms with Crippen LogP contribution in [0.4, 0.5) is 0 Å². The first kappa shape index (κ1) is 15.4. The fraction of sp³-hybridized carbons (Fsp3) is 0.733. The van der Waals surface area contributed by atoms with Crippen molar-refractivity contribution in [3.63, 3.8) is 0 Å². The van der Waals surface area contributed by atoms with Crippen LogP contribution in [0.2, 0.25) is 0 Å². The van der Waals surface area contributed by atoms with Crippen LogP contribution in [0.25, 0.3) is 0 Å². The highest BCUT2D eigenvalue weighted by molar-refractivity contribution is 7.99. The number of thioether (sulfide) groups is 1. The molecule has 0 aliphatic heterocycles. The summed E-state index contributed by atoms with van der Waals surface area (Å²) in [6.45, 7) is 4.20. The number of rotatable bonds is 6. The first-order valence-electron chi connectivity index (χ1n) is 7.52. The molecule has 1 fully saturated rings. The molecule has 1 atom stereocenters. The second-order valence-electron chi connectivity index (χ2n) is 5.63. The highest BCUT2D eigenvalue weighted by atomic mass is 32.2. The number of hydrogen-bond acceptors (Lipinski definition) is 3. The zero-order valence-corrected chi connectivity index (χ0v) is 13.2. The standard InChI is InChI=1S/C15H24N2O2S/c1-3-13(12-7-5-4-6-8-12)17-9-11(2)16-15(17)20-10-14(18)19/h9,12-13H,3-8,10H2,1-2H3,(H,18,19). The summed E-state index contributed by atoms with van der Waals surface area (Å²) in [4.78, 5) is 15.3. The van der Waals surface area contributed by atoms with Crippen molar-refractivity contribution in [2.24, 2.45) is 5.92 Å². The average molecular weight is 296 g/mol. The van der Waals surface area contributed by atoms with Gasteiger partial charge in [0.1, 0.15) is 0 Å². The Morgan fingerprint density at radius 2 is 2.20 bits per heavy atom. The van der Waals surface area contributed by atoms with E-state index in [2.05, 4.69) is 22.7 Å². The molecule has 0 aromatic carbocycles. The smallest absolute Gasteiger partial charge is 0.313 e. The molecule has 1 aliphatic carbocycles. The van der Waals surface area contributed by atoms with Gasteiger partial charge in [-0.3, -0.25) is 4.79 Å². The van der Waals surface area contributed by atoms with Crippen LogP contribution in [0.1, 0.15) is 57.2 Å². The van der Waals surface area contributed by atoms with Crippen molar-refractivity contribution >= 4 is 17.7 Å². The summed E-state index contributed by atoms with van der Waals surface area (Å²) < 4.78 is 2.24. The first-order chi connectivity index (χ1) is 9.61. The third-order valence-corrected chi connectivity index (χ3v) is 5.06. The molecule has 0 saturated heterocycles. The Labute approximate surface area is 125 Å². The van der Waals surface area contributed by atoms with Crippen molar-refractivity contribution in [1.82, 2.24) is 9.55 Å². The summed E-state index contributed by atoms with van der Waals surface area (Å²) >= 11 is 1.34. The van der Waals surface area contributed by atoms with E-state index >= 15 is 0 Å². The molecule has 0 bridgehead atoms. The average Bonchev–Trinajstić information content (AvgIpc) is 2.80. The fourth-order valence-corrected chi connectivity index (χ4v) is 4.04. The normalized spacial score (nSPS) is 18.1. The minimum Gasteiger partial charge on any atom is -0.481 e. The lowest BCUT2D eigenvalue weighted by Gasteiger charge is -2.31. The van der Waals surface area contributed by atoms with Gasteiger partial charge in [0.2, 0.25) is 0 Å². The number of carboxylic acid groups (broad SMARTS) is 1. The van der Waals surface area contributed by atoms with Crippen molar-refractivity contribution in [2.75, 3.05) is 5.75 Å². The minimum absolute atomic E-state index is 0.0809. The molecule has 1 aliphatic rings. The number of nitrogens with zero attached hydrogens (tertiary/aromatic N) is 2. The van der Waals surface area contributed by atoms with Gasteiger partial charge in [-0.15, -0.1) is 0 Å². The highest BCUT2D eigenvalue weighted by Crippen LogP contribution is 2.37. The Balaban J connectivity index is 2.17. The number of carboxylic acids is 1.